The summed E-state index contributed by atoms with van der Waals surface area (Å²) in [5.41, 5.74) is 4.35. The molecule has 5 rings (SSSR count). The first kappa shape index (κ1) is 23.9. The number of ether oxygens (including phenoxy) is 1. The van der Waals surface area contributed by atoms with Gasteiger partial charge >= 0.3 is 5.97 Å². The van der Waals surface area contributed by atoms with Crippen LogP contribution in [0.25, 0.3) is 10.9 Å². The maximum absolute atomic E-state index is 13.4. The minimum atomic E-state index is -0.586. The predicted octanol–water partition coefficient (Wildman–Crippen LogP) is 5.38. The first-order valence-corrected chi connectivity index (χ1v) is 11.9. The number of anilines is 1. The zero-order valence-electron chi connectivity index (χ0n) is 19.3. The molecule has 0 aliphatic carbocycles. The van der Waals surface area contributed by atoms with E-state index < -0.39 is 24.3 Å². The molecule has 0 unspecified atom stereocenters. The maximum Gasteiger partial charge on any atom is 0.339 e. The first-order valence-electron chi connectivity index (χ1n) is 11.6. The number of aromatic nitrogens is 1. The van der Waals surface area contributed by atoms with Gasteiger partial charge in [-0.3, -0.25) is 14.7 Å². The Morgan fingerprint density at radius 1 is 1.06 bits per heavy atom. The van der Waals surface area contributed by atoms with Crippen molar-refractivity contribution in [3.05, 3.63) is 106 Å². The van der Waals surface area contributed by atoms with E-state index >= 15 is 0 Å². The normalized spacial score (nSPS) is 13.3. The largest absolute Gasteiger partial charge is 0.452 e. The van der Waals surface area contributed by atoms with Gasteiger partial charge in [0.25, 0.3) is 5.91 Å². The average molecular weight is 504 g/mol. The highest BCUT2D eigenvalue weighted by Crippen LogP contribution is 2.29. The molecule has 2 heterocycles. The van der Waals surface area contributed by atoms with E-state index in [1.165, 1.54) is 17.7 Å². The Morgan fingerprint density at radius 2 is 1.83 bits per heavy atom. The van der Waals surface area contributed by atoms with Gasteiger partial charge in [0.2, 0.25) is 0 Å². The van der Waals surface area contributed by atoms with Crippen LogP contribution in [0, 0.1) is 5.82 Å². The third kappa shape index (κ3) is 5.22. The molecule has 0 bridgehead atoms. The summed E-state index contributed by atoms with van der Waals surface area (Å²) in [5, 5.41) is 3.14. The second kappa shape index (κ2) is 10.4. The number of nitrogens with zero attached hydrogens (tertiary/aromatic N) is 2. The fraction of sp³-hybridized carbons (Fsp3) is 0.179. The second-order valence-corrected chi connectivity index (χ2v) is 9.04. The van der Waals surface area contributed by atoms with Crippen molar-refractivity contribution in [1.82, 2.24) is 9.88 Å². The molecule has 1 aliphatic heterocycles. The molecule has 8 heteroatoms. The van der Waals surface area contributed by atoms with Crippen LogP contribution in [0.4, 0.5) is 10.1 Å². The first-order chi connectivity index (χ1) is 17.5. The summed E-state index contributed by atoms with van der Waals surface area (Å²) in [6, 6.07) is 21.4. The summed E-state index contributed by atoms with van der Waals surface area (Å²) in [6.07, 6.45) is 0.707. The van der Waals surface area contributed by atoms with Gasteiger partial charge in [-0.25, -0.2) is 9.18 Å². The number of hydrogen-bond acceptors (Lipinski definition) is 5. The molecule has 36 heavy (non-hydrogen) atoms. The van der Waals surface area contributed by atoms with Gasteiger partial charge in [-0.2, -0.15) is 0 Å². The number of esters is 1. The van der Waals surface area contributed by atoms with E-state index in [-0.39, 0.29) is 5.02 Å². The number of amides is 1. The third-order valence-electron chi connectivity index (χ3n) is 6.12. The van der Waals surface area contributed by atoms with E-state index in [2.05, 4.69) is 22.3 Å². The average Bonchev–Trinajstić information content (AvgIpc) is 2.88. The van der Waals surface area contributed by atoms with Crippen LogP contribution in [0.5, 0.6) is 0 Å². The molecular weight excluding hydrogens is 481 g/mol. The van der Waals surface area contributed by atoms with Crippen molar-refractivity contribution in [3.8, 4) is 0 Å². The number of carbonyl (C=O) groups excluding carboxylic acids is 2. The Morgan fingerprint density at radius 3 is 2.64 bits per heavy atom. The quantitative estimate of drug-likeness (QED) is 0.358. The van der Waals surface area contributed by atoms with Gasteiger partial charge in [-0.15, -0.1) is 0 Å². The Labute approximate surface area is 212 Å². The van der Waals surface area contributed by atoms with Gasteiger partial charge in [0.15, 0.2) is 6.61 Å². The summed E-state index contributed by atoms with van der Waals surface area (Å²) in [4.78, 5) is 32.8. The highest BCUT2D eigenvalue weighted by molar-refractivity contribution is 6.31. The van der Waals surface area contributed by atoms with Gasteiger partial charge in [0, 0.05) is 48.4 Å². The molecule has 1 aromatic heterocycles. The Balaban J connectivity index is 1.37. The molecule has 4 aromatic rings. The number of rotatable bonds is 6. The van der Waals surface area contributed by atoms with E-state index in [9.17, 15) is 14.0 Å². The van der Waals surface area contributed by atoms with Crippen LogP contribution in [0.2, 0.25) is 5.02 Å². The topological polar surface area (TPSA) is 71.5 Å². The van der Waals surface area contributed by atoms with Gasteiger partial charge in [-0.1, -0.05) is 60.1 Å². The van der Waals surface area contributed by atoms with Gasteiger partial charge in [-0.05, 0) is 29.8 Å². The van der Waals surface area contributed by atoms with Crippen molar-refractivity contribution in [2.45, 2.75) is 19.5 Å². The van der Waals surface area contributed by atoms with Crippen molar-refractivity contribution in [1.29, 1.82) is 0 Å². The Hall–Kier alpha value is -3.81. The lowest BCUT2D eigenvalue weighted by molar-refractivity contribution is -0.119. The van der Waals surface area contributed by atoms with Crippen LogP contribution in [0.15, 0.2) is 72.8 Å². The number of halogens is 2. The van der Waals surface area contributed by atoms with Crippen molar-refractivity contribution < 1.29 is 18.7 Å². The molecule has 0 radical (unpaired) electrons. The zero-order chi connectivity index (χ0) is 25.1. The van der Waals surface area contributed by atoms with Crippen LogP contribution in [0.3, 0.4) is 0 Å². The molecular formula is C28H23ClFN3O3. The molecule has 182 valence electrons. The van der Waals surface area contributed by atoms with E-state index in [0.29, 0.717) is 35.1 Å². The molecule has 3 aromatic carbocycles. The molecule has 6 nitrogen and oxygen atoms in total. The van der Waals surface area contributed by atoms with Crippen molar-refractivity contribution in [2.24, 2.45) is 0 Å². The van der Waals surface area contributed by atoms with E-state index in [0.717, 1.165) is 30.4 Å². The van der Waals surface area contributed by atoms with Gasteiger partial charge in [0.05, 0.1) is 16.1 Å². The number of nitrogens with one attached hydrogen (secondary N) is 1. The standard InChI is InChI=1S/C28H23ClFN3O3/c29-22-14-19(10-11-23(22)30)31-26(34)17-36-28(35)27-20-8-4-5-9-24(20)32-25-12-13-33(16-21(25)27)15-18-6-2-1-3-7-18/h1-11,14H,12-13,15-17H2,(H,31,34). The fourth-order valence-corrected chi connectivity index (χ4v) is 4.61. The summed E-state index contributed by atoms with van der Waals surface area (Å²) in [6.45, 7) is 1.63. The lowest BCUT2D eigenvalue weighted by Gasteiger charge is -2.30. The summed E-state index contributed by atoms with van der Waals surface area (Å²) >= 11 is 5.77. The number of pyridine rings is 1. The lowest BCUT2D eigenvalue weighted by atomic mass is 9.95. The molecule has 1 N–H and O–H groups in total. The van der Waals surface area contributed by atoms with E-state index in [1.807, 2.05) is 42.5 Å². The van der Waals surface area contributed by atoms with Crippen molar-refractivity contribution >= 4 is 40.1 Å². The SMILES string of the molecule is O=C(COC(=O)c1c2c(nc3ccccc13)CCN(Cc1ccccc1)C2)Nc1ccc(F)c(Cl)c1. The molecule has 0 saturated heterocycles. The second-order valence-electron chi connectivity index (χ2n) is 8.63. The zero-order valence-corrected chi connectivity index (χ0v) is 20.1. The number of benzene rings is 3. The minimum absolute atomic E-state index is 0.111. The number of para-hydroxylation sites is 1. The van der Waals surface area contributed by atoms with Crippen LogP contribution < -0.4 is 5.32 Å². The van der Waals surface area contributed by atoms with Crippen molar-refractivity contribution in [2.75, 3.05) is 18.5 Å². The molecule has 1 aliphatic rings. The van der Waals surface area contributed by atoms with Gasteiger partial charge in [0.1, 0.15) is 5.82 Å². The van der Waals surface area contributed by atoms with Crippen LogP contribution in [0.1, 0.15) is 27.2 Å². The maximum atomic E-state index is 13.4. The summed E-state index contributed by atoms with van der Waals surface area (Å²) in [5.74, 6) is -1.72. The Kier molecular flexibility index (Phi) is 6.93. The molecule has 1 amide bonds. The van der Waals surface area contributed by atoms with Crippen LogP contribution in [-0.2, 0) is 29.0 Å². The Bertz CT molecular complexity index is 1450. The highest BCUT2D eigenvalue weighted by Gasteiger charge is 2.27. The van der Waals surface area contributed by atoms with Crippen LogP contribution >= 0.6 is 11.6 Å². The number of carbonyl (C=O) groups is 2. The number of hydrogen-bond donors (Lipinski definition) is 1. The molecule has 0 spiro atoms. The molecule has 0 fully saturated rings. The summed E-state index contributed by atoms with van der Waals surface area (Å²) < 4.78 is 18.8. The monoisotopic (exact) mass is 503 g/mol. The minimum Gasteiger partial charge on any atom is -0.452 e. The van der Waals surface area contributed by atoms with Crippen LogP contribution in [-0.4, -0.2) is 34.9 Å². The molecule has 0 saturated carbocycles. The predicted molar refractivity (Wildman–Crippen MR) is 136 cm³/mol. The lowest BCUT2D eigenvalue weighted by Crippen LogP contribution is -2.32. The summed E-state index contributed by atoms with van der Waals surface area (Å²) in [7, 11) is 0. The van der Waals surface area contributed by atoms with E-state index in [4.69, 9.17) is 21.3 Å². The molecule has 0 atom stereocenters. The third-order valence-corrected chi connectivity index (χ3v) is 6.41. The highest BCUT2D eigenvalue weighted by atomic mass is 35.5. The fourth-order valence-electron chi connectivity index (χ4n) is 4.43. The number of fused-ring (bicyclic) bond motifs is 2. The smallest absolute Gasteiger partial charge is 0.339 e. The van der Waals surface area contributed by atoms with E-state index in [1.54, 1.807) is 0 Å². The van der Waals surface area contributed by atoms with Gasteiger partial charge < -0.3 is 10.1 Å². The van der Waals surface area contributed by atoms with Crippen molar-refractivity contribution in [3.63, 3.8) is 0 Å².